The van der Waals surface area contributed by atoms with Gasteiger partial charge >= 0.3 is 6.09 Å². The SMILES string of the molecule is CCN(CC)CCOC(=O)Nc1c(C)cccc1C.Cl. The van der Waals surface area contributed by atoms with Gasteiger partial charge in [-0.15, -0.1) is 12.4 Å². The van der Waals surface area contributed by atoms with Crippen LogP contribution < -0.4 is 5.32 Å². The minimum absolute atomic E-state index is 0. The van der Waals surface area contributed by atoms with E-state index in [0.717, 1.165) is 36.4 Å². The number of rotatable bonds is 6. The van der Waals surface area contributed by atoms with Gasteiger partial charge in [-0.2, -0.15) is 0 Å². The number of likely N-dealkylation sites (N-methyl/N-ethyl adjacent to an activating group) is 1. The van der Waals surface area contributed by atoms with Crippen LogP contribution in [0.25, 0.3) is 0 Å². The van der Waals surface area contributed by atoms with Crippen molar-refractivity contribution < 1.29 is 9.53 Å². The molecule has 1 aromatic carbocycles. The molecule has 1 N–H and O–H groups in total. The van der Waals surface area contributed by atoms with Crippen LogP contribution in [0, 0.1) is 13.8 Å². The van der Waals surface area contributed by atoms with Gasteiger partial charge in [-0.1, -0.05) is 32.0 Å². The molecule has 0 aromatic heterocycles. The Labute approximate surface area is 127 Å². The van der Waals surface area contributed by atoms with Crippen LogP contribution in [0.1, 0.15) is 25.0 Å². The lowest BCUT2D eigenvalue weighted by molar-refractivity contribution is 0.142. The third-order valence-electron chi connectivity index (χ3n) is 3.24. The van der Waals surface area contributed by atoms with E-state index in [9.17, 15) is 4.79 Å². The molecule has 0 bridgehead atoms. The van der Waals surface area contributed by atoms with Crippen LogP contribution in [-0.2, 0) is 4.74 Å². The number of hydrogen-bond donors (Lipinski definition) is 1. The second kappa shape index (κ2) is 9.61. The van der Waals surface area contributed by atoms with Crippen LogP contribution in [0.15, 0.2) is 18.2 Å². The molecule has 0 heterocycles. The molecule has 0 atom stereocenters. The van der Waals surface area contributed by atoms with Crippen molar-refractivity contribution in [2.45, 2.75) is 27.7 Å². The summed E-state index contributed by atoms with van der Waals surface area (Å²) in [6.45, 7) is 11.3. The first-order valence-corrected chi connectivity index (χ1v) is 6.80. The van der Waals surface area contributed by atoms with Crippen molar-refractivity contribution in [2.75, 3.05) is 31.6 Å². The van der Waals surface area contributed by atoms with E-state index in [2.05, 4.69) is 24.1 Å². The Balaban J connectivity index is 0.00000361. The number of aryl methyl sites for hydroxylation is 2. The minimum Gasteiger partial charge on any atom is -0.448 e. The zero-order valence-electron chi connectivity index (χ0n) is 12.7. The van der Waals surface area contributed by atoms with Crippen LogP contribution >= 0.6 is 12.4 Å². The Morgan fingerprint density at radius 1 is 1.20 bits per heavy atom. The molecule has 0 aliphatic rings. The van der Waals surface area contributed by atoms with Gasteiger partial charge in [0, 0.05) is 12.2 Å². The van der Waals surface area contributed by atoms with Gasteiger partial charge in [0.1, 0.15) is 6.61 Å². The monoisotopic (exact) mass is 300 g/mol. The van der Waals surface area contributed by atoms with E-state index in [1.807, 2.05) is 32.0 Å². The first-order chi connectivity index (χ1) is 9.08. The van der Waals surface area contributed by atoms with E-state index < -0.39 is 0 Å². The molecular formula is C15H25ClN2O2. The fourth-order valence-corrected chi connectivity index (χ4v) is 1.96. The van der Waals surface area contributed by atoms with Gasteiger partial charge in [0.2, 0.25) is 0 Å². The van der Waals surface area contributed by atoms with Crippen LogP contribution in [0.4, 0.5) is 10.5 Å². The molecule has 1 rings (SSSR count). The van der Waals surface area contributed by atoms with Gasteiger partial charge in [0.15, 0.2) is 0 Å². The second-order valence-corrected chi connectivity index (χ2v) is 4.55. The highest BCUT2D eigenvalue weighted by Gasteiger charge is 2.08. The molecule has 4 nitrogen and oxygen atoms in total. The lowest BCUT2D eigenvalue weighted by atomic mass is 10.1. The number of nitrogens with zero attached hydrogens (tertiary/aromatic N) is 1. The van der Waals surface area contributed by atoms with Gasteiger partial charge in [0.05, 0.1) is 0 Å². The van der Waals surface area contributed by atoms with Crippen molar-refractivity contribution in [3.63, 3.8) is 0 Å². The summed E-state index contributed by atoms with van der Waals surface area (Å²) in [4.78, 5) is 13.9. The Kier molecular flexibility index (Phi) is 9.01. The Morgan fingerprint density at radius 3 is 2.25 bits per heavy atom. The summed E-state index contributed by atoms with van der Waals surface area (Å²) >= 11 is 0. The zero-order valence-corrected chi connectivity index (χ0v) is 13.5. The van der Waals surface area contributed by atoms with Crippen molar-refractivity contribution in [3.05, 3.63) is 29.3 Å². The molecule has 20 heavy (non-hydrogen) atoms. The van der Waals surface area contributed by atoms with Gasteiger partial charge in [-0.05, 0) is 38.1 Å². The Bertz CT molecular complexity index is 400. The molecule has 0 saturated carbocycles. The molecule has 0 aliphatic carbocycles. The molecule has 0 unspecified atom stereocenters. The zero-order chi connectivity index (χ0) is 14.3. The summed E-state index contributed by atoms with van der Waals surface area (Å²) in [5.74, 6) is 0. The number of halogens is 1. The Morgan fingerprint density at radius 2 is 1.75 bits per heavy atom. The van der Waals surface area contributed by atoms with Crippen LogP contribution in [0.2, 0.25) is 0 Å². The number of carbonyl (C=O) groups excluding carboxylic acids is 1. The summed E-state index contributed by atoms with van der Waals surface area (Å²) in [5, 5.41) is 2.81. The highest BCUT2D eigenvalue weighted by atomic mass is 35.5. The van der Waals surface area contributed by atoms with Crippen molar-refractivity contribution in [1.82, 2.24) is 4.90 Å². The third-order valence-corrected chi connectivity index (χ3v) is 3.24. The standard InChI is InChI=1S/C15H24N2O2.ClH/c1-5-17(6-2)10-11-19-15(18)16-14-12(3)8-7-9-13(14)4;/h7-9H,5-6,10-11H2,1-4H3,(H,16,18);1H. The fourth-order valence-electron chi connectivity index (χ4n) is 1.96. The van der Waals surface area contributed by atoms with Crippen molar-refractivity contribution in [1.29, 1.82) is 0 Å². The smallest absolute Gasteiger partial charge is 0.411 e. The number of anilines is 1. The number of hydrogen-bond acceptors (Lipinski definition) is 3. The van der Waals surface area contributed by atoms with Crippen molar-refractivity contribution >= 4 is 24.2 Å². The molecule has 1 amide bonds. The lowest BCUT2D eigenvalue weighted by Gasteiger charge is -2.18. The second-order valence-electron chi connectivity index (χ2n) is 4.55. The topological polar surface area (TPSA) is 41.6 Å². The fraction of sp³-hybridized carbons (Fsp3) is 0.533. The van der Waals surface area contributed by atoms with Crippen molar-refractivity contribution in [3.8, 4) is 0 Å². The van der Waals surface area contributed by atoms with E-state index in [4.69, 9.17) is 4.74 Å². The summed E-state index contributed by atoms with van der Waals surface area (Å²) in [6.07, 6.45) is -0.385. The van der Waals surface area contributed by atoms with E-state index in [1.165, 1.54) is 0 Å². The third kappa shape index (κ3) is 5.80. The number of para-hydroxylation sites is 1. The van der Waals surface area contributed by atoms with E-state index >= 15 is 0 Å². The summed E-state index contributed by atoms with van der Waals surface area (Å²) < 4.78 is 5.20. The number of benzene rings is 1. The average molecular weight is 301 g/mol. The van der Waals surface area contributed by atoms with E-state index in [0.29, 0.717) is 6.61 Å². The maximum atomic E-state index is 11.7. The maximum absolute atomic E-state index is 11.7. The summed E-state index contributed by atoms with van der Waals surface area (Å²) in [5.41, 5.74) is 2.93. The first-order valence-electron chi connectivity index (χ1n) is 6.80. The number of nitrogens with one attached hydrogen (secondary N) is 1. The highest BCUT2D eigenvalue weighted by Crippen LogP contribution is 2.19. The van der Waals surface area contributed by atoms with Crippen LogP contribution in [0.3, 0.4) is 0 Å². The first kappa shape index (κ1) is 18.7. The number of amides is 1. The highest BCUT2D eigenvalue weighted by molar-refractivity contribution is 5.86. The predicted molar refractivity (Wildman–Crippen MR) is 85.9 cm³/mol. The minimum atomic E-state index is -0.385. The molecule has 0 saturated heterocycles. The molecule has 5 heteroatoms. The van der Waals surface area contributed by atoms with Gasteiger partial charge in [-0.3, -0.25) is 5.32 Å². The largest absolute Gasteiger partial charge is 0.448 e. The summed E-state index contributed by atoms with van der Waals surface area (Å²) in [6, 6.07) is 5.92. The molecule has 114 valence electrons. The molecule has 0 spiro atoms. The van der Waals surface area contributed by atoms with Gasteiger partial charge < -0.3 is 9.64 Å². The maximum Gasteiger partial charge on any atom is 0.411 e. The van der Waals surface area contributed by atoms with E-state index in [1.54, 1.807) is 0 Å². The molecule has 0 fully saturated rings. The molecule has 0 radical (unpaired) electrons. The lowest BCUT2D eigenvalue weighted by Crippen LogP contribution is -2.28. The quantitative estimate of drug-likeness (QED) is 0.872. The number of carbonyl (C=O) groups is 1. The van der Waals surface area contributed by atoms with Crippen molar-refractivity contribution in [2.24, 2.45) is 0 Å². The molecular weight excluding hydrogens is 276 g/mol. The predicted octanol–water partition coefficient (Wildman–Crippen LogP) is 3.62. The summed E-state index contributed by atoms with van der Waals surface area (Å²) in [7, 11) is 0. The number of ether oxygens (including phenoxy) is 1. The van der Waals surface area contributed by atoms with Gasteiger partial charge in [0.25, 0.3) is 0 Å². The molecule has 1 aromatic rings. The molecule has 0 aliphatic heterocycles. The normalized spacial score (nSPS) is 10.1. The Hall–Kier alpha value is -1.26. The van der Waals surface area contributed by atoms with Crippen LogP contribution in [0.5, 0.6) is 0 Å². The van der Waals surface area contributed by atoms with E-state index in [-0.39, 0.29) is 18.5 Å². The average Bonchev–Trinajstić information content (AvgIpc) is 2.39. The van der Waals surface area contributed by atoms with Gasteiger partial charge in [-0.25, -0.2) is 4.79 Å². The van der Waals surface area contributed by atoms with Crippen LogP contribution in [-0.4, -0.2) is 37.2 Å².